The number of ether oxygens (including phenoxy) is 2. The largest absolute Gasteiger partial charge is 0.472 e. The Balaban J connectivity index is 4.19. The van der Waals surface area contributed by atoms with Crippen molar-refractivity contribution >= 4 is 13.8 Å². The molecule has 9 heteroatoms. The van der Waals surface area contributed by atoms with Gasteiger partial charge in [-0.05, 0) is 77.0 Å². The van der Waals surface area contributed by atoms with E-state index in [1.54, 1.807) is 0 Å². The second-order valence-corrected chi connectivity index (χ2v) is 19.3. The molecule has 0 aromatic carbocycles. The second kappa shape index (κ2) is 44.1. The summed E-state index contributed by atoms with van der Waals surface area (Å²) >= 11 is 0. The first kappa shape index (κ1) is 58.5. The smallest absolute Gasteiger partial charge is 0.457 e. The molecule has 0 aromatic rings. The van der Waals surface area contributed by atoms with Crippen molar-refractivity contribution in [3.05, 3.63) is 48.6 Å². The summed E-state index contributed by atoms with van der Waals surface area (Å²) in [6, 6.07) is 0. The van der Waals surface area contributed by atoms with Crippen molar-refractivity contribution in [2.75, 3.05) is 54.1 Å². The predicted molar refractivity (Wildman–Crippen MR) is 256 cm³/mol. The van der Waals surface area contributed by atoms with Gasteiger partial charge in [-0.2, -0.15) is 0 Å². The van der Waals surface area contributed by atoms with Gasteiger partial charge in [0.2, 0.25) is 0 Å². The minimum atomic E-state index is -4.28. The summed E-state index contributed by atoms with van der Waals surface area (Å²) < 4.78 is 35.1. The Morgan fingerprint density at radius 2 is 0.917 bits per heavy atom. The summed E-state index contributed by atoms with van der Waals surface area (Å²) in [7, 11) is 1.65. The van der Waals surface area contributed by atoms with E-state index in [1.807, 2.05) is 21.1 Å². The Kier molecular flexibility index (Phi) is 43.0. The van der Waals surface area contributed by atoms with Crippen LogP contribution in [0.2, 0.25) is 0 Å². The number of hydrogen-bond acceptors (Lipinski definition) is 6. The highest BCUT2D eigenvalue weighted by Crippen LogP contribution is 2.43. The average molecular weight is 867 g/mol. The van der Waals surface area contributed by atoms with E-state index in [1.165, 1.54) is 128 Å². The standard InChI is InChI=1S/C51H96NO7P/c1-6-8-10-12-14-16-18-20-22-24-25-26-27-28-29-31-33-35-37-39-41-43-46-56-48-50(49-58-60(54,55)57-47-45-52(3,4)5)59-51(53)44-42-40-38-36-34-32-30-23-21-19-17-15-13-11-9-7-2/h18,20,23-25,27-28,30,50H,6-17,19,21-22,26,29,31-49H2,1-5H3/p+1/b20-18-,25-24-,28-27-,30-23-. The zero-order valence-electron chi connectivity index (χ0n) is 39.9. The van der Waals surface area contributed by atoms with E-state index in [0.717, 1.165) is 64.2 Å². The molecular weight excluding hydrogens is 770 g/mol. The minimum absolute atomic E-state index is 0.0838. The van der Waals surface area contributed by atoms with Gasteiger partial charge in [0.15, 0.2) is 0 Å². The number of rotatable bonds is 46. The molecular formula is C51H97NO7P+. The molecule has 0 bridgehead atoms. The van der Waals surface area contributed by atoms with E-state index >= 15 is 0 Å². The van der Waals surface area contributed by atoms with Gasteiger partial charge in [-0.3, -0.25) is 13.8 Å². The number of quaternary nitrogens is 1. The van der Waals surface area contributed by atoms with Crippen LogP contribution in [-0.4, -0.2) is 75.6 Å². The summed E-state index contributed by atoms with van der Waals surface area (Å²) in [4.78, 5) is 23.0. The number of allylic oxidation sites excluding steroid dienone is 8. The molecule has 0 aliphatic carbocycles. The lowest BCUT2D eigenvalue weighted by molar-refractivity contribution is -0.870. The van der Waals surface area contributed by atoms with Crippen LogP contribution in [0.4, 0.5) is 0 Å². The number of likely N-dealkylation sites (N-methyl/N-ethyl adjacent to an activating group) is 1. The van der Waals surface area contributed by atoms with Crippen molar-refractivity contribution in [2.45, 2.75) is 219 Å². The van der Waals surface area contributed by atoms with E-state index in [9.17, 15) is 14.3 Å². The highest BCUT2D eigenvalue weighted by Gasteiger charge is 2.26. The van der Waals surface area contributed by atoms with E-state index in [2.05, 4.69) is 62.5 Å². The number of carbonyl (C=O) groups excluding carboxylic acids is 1. The minimum Gasteiger partial charge on any atom is -0.457 e. The number of phosphoric acid groups is 1. The molecule has 0 spiro atoms. The lowest BCUT2D eigenvalue weighted by Gasteiger charge is -2.24. The lowest BCUT2D eigenvalue weighted by Crippen LogP contribution is -2.37. The first-order valence-electron chi connectivity index (χ1n) is 24.9. The van der Waals surface area contributed by atoms with Crippen LogP contribution in [0.25, 0.3) is 0 Å². The molecule has 0 aromatic heterocycles. The Labute approximate surface area is 371 Å². The maximum Gasteiger partial charge on any atom is 0.472 e. The Morgan fingerprint density at radius 3 is 1.38 bits per heavy atom. The fourth-order valence-electron chi connectivity index (χ4n) is 6.73. The number of phosphoric ester groups is 1. The quantitative estimate of drug-likeness (QED) is 0.0214. The monoisotopic (exact) mass is 867 g/mol. The fraction of sp³-hybridized carbons (Fsp3) is 0.824. The van der Waals surface area contributed by atoms with Crippen LogP contribution in [0.3, 0.4) is 0 Å². The normalized spacial score (nSPS) is 14.0. The first-order chi connectivity index (χ1) is 29.1. The van der Waals surface area contributed by atoms with E-state index in [4.69, 9.17) is 18.5 Å². The van der Waals surface area contributed by atoms with Gasteiger partial charge in [-0.15, -0.1) is 0 Å². The van der Waals surface area contributed by atoms with Crippen LogP contribution in [-0.2, 0) is 27.9 Å². The molecule has 0 amide bonds. The van der Waals surface area contributed by atoms with Gasteiger partial charge in [0, 0.05) is 13.0 Å². The van der Waals surface area contributed by atoms with Gasteiger partial charge < -0.3 is 18.9 Å². The van der Waals surface area contributed by atoms with Crippen LogP contribution < -0.4 is 0 Å². The van der Waals surface area contributed by atoms with Crippen molar-refractivity contribution in [1.82, 2.24) is 0 Å². The van der Waals surface area contributed by atoms with Gasteiger partial charge in [0.05, 0.1) is 34.4 Å². The van der Waals surface area contributed by atoms with Gasteiger partial charge >= 0.3 is 13.8 Å². The van der Waals surface area contributed by atoms with E-state index < -0.39 is 13.9 Å². The molecule has 352 valence electrons. The van der Waals surface area contributed by atoms with Gasteiger partial charge in [-0.25, -0.2) is 4.57 Å². The Hall–Kier alpha value is -1.54. The third-order valence-electron chi connectivity index (χ3n) is 10.6. The zero-order valence-corrected chi connectivity index (χ0v) is 40.8. The number of nitrogens with zero attached hydrogens (tertiary/aromatic N) is 1. The maximum atomic E-state index is 12.7. The third kappa shape index (κ3) is 47.5. The van der Waals surface area contributed by atoms with Crippen molar-refractivity contribution in [3.63, 3.8) is 0 Å². The number of carbonyl (C=O) groups is 1. The Bertz CT molecular complexity index is 1100. The SMILES string of the molecule is CCCCCCC/C=C\C/C=C\C/C=C\CCCCCCCCCOCC(COP(=O)(O)OCC[N+](C)(C)C)OC(=O)CCCCCCC/C=C\CCCCCCCCC. The van der Waals surface area contributed by atoms with Crippen LogP contribution in [0, 0.1) is 0 Å². The highest BCUT2D eigenvalue weighted by atomic mass is 31.2. The molecule has 0 heterocycles. The van der Waals surface area contributed by atoms with E-state index in [-0.39, 0.29) is 25.8 Å². The zero-order chi connectivity index (χ0) is 44.1. The second-order valence-electron chi connectivity index (χ2n) is 17.8. The molecule has 60 heavy (non-hydrogen) atoms. The first-order valence-corrected chi connectivity index (χ1v) is 26.4. The molecule has 2 unspecified atom stereocenters. The van der Waals surface area contributed by atoms with E-state index in [0.29, 0.717) is 24.1 Å². The van der Waals surface area contributed by atoms with Gasteiger partial charge in [0.1, 0.15) is 19.3 Å². The van der Waals surface area contributed by atoms with Gasteiger partial charge in [0.25, 0.3) is 0 Å². The van der Waals surface area contributed by atoms with Crippen molar-refractivity contribution in [3.8, 4) is 0 Å². The Morgan fingerprint density at radius 1 is 0.517 bits per heavy atom. The fourth-order valence-corrected chi connectivity index (χ4v) is 7.47. The van der Waals surface area contributed by atoms with Crippen molar-refractivity contribution in [1.29, 1.82) is 0 Å². The average Bonchev–Trinajstić information content (AvgIpc) is 3.20. The highest BCUT2D eigenvalue weighted by molar-refractivity contribution is 7.47. The molecule has 0 rings (SSSR count). The summed E-state index contributed by atoms with van der Waals surface area (Å²) in [5.74, 6) is -0.325. The maximum absolute atomic E-state index is 12.7. The number of esters is 1. The van der Waals surface area contributed by atoms with Crippen LogP contribution in [0.5, 0.6) is 0 Å². The molecule has 0 saturated carbocycles. The summed E-state index contributed by atoms with van der Waals surface area (Å²) in [5.41, 5.74) is 0. The molecule has 8 nitrogen and oxygen atoms in total. The van der Waals surface area contributed by atoms with Crippen molar-refractivity contribution < 1.29 is 37.3 Å². The molecule has 0 saturated heterocycles. The van der Waals surface area contributed by atoms with Crippen LogP contribution in [0.15, 0.2) is 48.6 Å². The summed E-state index contributed by atoms with van der Waals surface area (Å²) in [5, 5.41) is 0. The predicted octanol–water partition coefficient (Wildman–Crippen LogP) is 15.1. The van der Waals surface area contributed by atoms with Gasteiger partial charge in [-0.1, -0.05) is 178 Å². The molecule has 0 aliphatic rings. The number of unbranched alkanes of at least 4 members (excludes halogenated alkanes) is 24. The topological polar surface area (TPSA) is 91.3 Å². The molecule has 0 fully saturated rings. The summed E-state index contributed by atoms with van der Waals surface area (Å²) in [6.07, 6.45) is 54.3. The van der Waals surface area contributed by atoms with Crippen LogP contribution >= 0.6 is 7.82 Å². The van der Waals surface area contributed by atoms with Crippen LogP contribution in [0.1, 0.15) is 213 Å². The molecule has 0 radical (unpaired) electrons. The third-order valence-corrected chi connectivity index (χ3v) is 11.6. The number of hydrogen-bond donors (Lipinski definition) is 1. The molecule has 1 N–H and O–H groups in total. The molecule has 2 atom stereocenters. The molecule has 0 aliphatic heterocycles. The summed E-state index contributed by atoms with van der Waals surface area (Å²) in [6.45, 7) is 5.59. The van der Waals surface area contributed by atoms with Crippen molar-refractivity contribution in [2.24, 2.45) is 0 Å². The lowest BCUT2D eigenvalue weighted by atomic mass is 10.1.